The molecular weight excluding hydrogens is 427 g/mol. The SMILES string of the molecule is CCCNC(=O)C(C)N(Cc1cccc(Br)c1)C(=O)COc1ccccc1F. The first-order valence-electron chi connectivity index (χ1n) is 9.11. The average molecular weight is 451 g/mol. The predicted molar refractivity (Wildman–Crippen MR) is 109 cm³/mol. The number of hydrogen-bond donors (Lipinski definition) is 1. The Morgan fingerprint density at radius 3 is 2.64 bits per heavy atom. The van der Waals surface area contributed by atoms with Gasteiger partial charge in [-0.1, -0.05) is 47.1 Å². The van der Waals surface area contributed by atoms with Gasteiger partial charge >= 0.3 is 0 Å². The average Bonchev–Trinajstić information content (AvgIpc) is 2.69. The Bertz CT molecular complexity index is 816. The molecule has 0 saturated heterocycles. The van der Waals surface area contributed by atoms with Gasteiger partial charge in [-0.2, -0.15) is 0 Å². The summed E-state index contributed by atoms with van der Waals surface area (Å²) in [6.45, 7) is 4.04. The van der Waals surface area contributed by atoms with E-state index >= 15 is 0 Å². The van der Waals surface area contributed by atoms with Crippen LogP contribution in [-0.2, 0) is 16.1 Å². The molecular formula is C21H24BrFN2O3. The maximum absolute atomic E-state index is 13.7. The summed E-state index contributed by atoms with van der Waals surface area (Å²) >= 11 is 3.41. The molecule has 2 rings (SSSR count). The molecule has 0 bridgehead atoms. The molecule has 150 valence electrons. The van der Waals surface area contributed by atoms with Gasteiger partial charge in [0.1, 0.15) is 6.04 Å². The maximum atomic E-state index is 13.7. The van der Waals surface area contributed by atoms with E-state index in [0.717, 1.165) is 16.5 Å². The van der Waals surface area contributed by atoms with Crippen molar-refractivity contribution in [3.63, 3.8) is 0 Å². The highest BCUT2D eigenvalue weighted by Crippen LogP contribution is 2.18. The summed E-state index contributed by atoms with van der Waals surface area (Å²) < 4.78 is 20.0. The second-order valence-corrected chi connectivity index (χ2v) is 7.25. The molecule has 1 unspecified atom stereocenters. The summed E-state index contributed by atoms with van der Waals surface area (Å²) in [4.78, 5) is 26.7. The number of para-hydroxylation sites is 1. The summed E-state index contributed by atoms with van der Waals surface area (Å²) in [5, 5.41) is 2.80. The van der Waals surface area contributed by atoms with Crippen LogP contribution in [0.4, 0.5) is 4.39 Å². The van der Waals surface area contributed by atoms with Crippen LogP contribution in [-0.4, -0.2) is 35.9 Å². The third kappa shape index (κ3) is 6.34. The minimum Gasteiger partial charge on any atom is -0.481 e. The van der Waals surface area contributed by atoms with Crippen LogP contribution >= 0.6 is 15.9 Å². The molecule has 0 radical (unpaired) electrons. The van der Waals surface area contributed by atoms with Gasteiger partial charge in [-0.15, -0.1) is 0 Å². The number of carbonyl (C=O) groups excluding carboxylic acids is 2. The molecule has 0 fully saturated rings. The smallest absolute Gasteiger partial charge is 0.261 e. The van der Waals surface area contributed by atoms with Gasteiger partial charge in [0.25, 0.3) is 5.91 Å². The van der Waals surface area contributed by atoms with Crippen molar-refractivity contribution in [1.82, 2.24) is 10.2 Å². The largest absolute Gasteiger partial charge is 0.481 e. The van der Waals surface area contributed by atoms with Gasteiger partial charge in [0.15, 0.2) is 18.2 Å². The van der Waals surface area contributed by atoms with Crippen molar-refractivity contribution in [1.29, 1.82) is 0 Å². The monoisotopic (exact) mass is 450 g/mol. The van der Waals surface area contributed by atoms with Crippen molar-refractivity contribution in [2.45, 2.75) is 32.9 Å². The molecule has 2 amide bonds. The van der Waals surface area contributed by atoms with Crippen molar-refractivity contribution >= 4 is 27.7 Å². The molecule has 0 aliphatic rings. The highest BCUT2D eigenvalue weighted by Gasteiger charge is 2.26. The number of ether oxygens (including phenoxy) is 1. The molecule has 1 N–H and O–H groups in total. The summed E-state index contributed by atoms with van der Waals surface area (Å²) in [5.41, 5.74) is 0.865. The van der Waals surface area contributed by atoms with E-state index in [9.17, 15) is 14.0 Å². The van der Waals surface area contributed by atoms with Crippen LogP contribution in [0.1, 0.15) is 25.8 Å². The summed E-state index contributed by atoms with van der Waals surface area (Å²) in [6, 6.07) is 12.7. The van der Waals surface area contributed by atoms with Crippen LogP contribution in [0.2, 0.25) is 0 Å². The summed E-state index contributed by atoms with van der Waals surface area (Å²) in [5.74, 6) is -1.18. The Morgan fingerprint density at radius 1 is 1.21 bits per heavy atom. The Labute approximate surface area is 173 Å². The minimum atomic E-state index is -0.692. The molecule has 2 aromatic carbocycles. The van der Waals surface area contributed by atoms with Crippen LogP contribution in [0.25, 0.3) is 0 Å². The van der Waals surface area contributed by atoms with E-state index in [1.54, 1.807) is 19.1 Å². The lowest BCUT2D eigenvalue weighted by atomic mass is 10.1. The molecule has 0 aliphatic carbocycles. The van der Waals surface area contributed by atoms with Gasteiger partial charge in [-0.25, -0.2) is 4.39 Å². The normalized spacial score (nSPS) is 11.6. The second kappa shape index (κ2) is 10.8. The van der Waals surface area contributed by atoms with Crippen LogP contribution in [0, 0.1) is 5.82 Å². The molecule has 0 heterocycles. The maximum Gasteiger partial charge on any atom is 0.261 e. The molecule has 5 nitrogen and oxygen atoms in total. The number of nitrogens with one attached hydrogen (secondary N) is 1. The lowest BCUT2D eigenvalue weighted by Gasteiger charge is -2.28. The first-order valence-corrected chi connectivity index (χ1v) is 9.90. The van der Waals surface area contributed by atoms with E-state index in [0.29, 0.717) is 6.54 Å². The van der Waals surface area contributed by atoms with E-state index in [4.69, 9.17) is 4.74 Å². The fraction of sp³-hybridized carbons (Fsp3) is 0.333. The predicted octanol–water partition coefficient (Wildman–Crippen LogP) is 3.91. The van der Waals surface area contributed by atoms with E-state index in [2.05, 4.69) is 21.2 Å². The number of nitrogens with zero attached hydrogens (tertiary/aromatic N) is 1. The molecule has 28 heavy (non-hydrogen) atoms. The number of benzene rings is 2. The van der Waals surface area contributed by atoms with Crippen molar-refractivity contribution < 1.29 is 18.7 Å². The van der Waals surface area contributed by atoms with Crippen molar-refractivity contribution in [3.05, 3.63) is 64.4 Å². The van der Waals surface area contributed by atoms with Crippen LogP contribution in [0.3, 0.4) is 0 Å². The Balaban J connectivity index is 2.14. The third-order valence-electron chi connectivity index (χ3n) is 4.15. The molecule has 1 atom stereocenters. The Hall–Kier alpha value is -2.41. The quantitative estimate of drug-likeness (QED) is 0.629. The molecule has 0 aliphatic heterocycles. The molecule has 2 aromatic rings. The first-order chi connectivity index (χ1) is 13.4. The summed E-state index contributed by atoms with van der Waals surface area (Å²) in [7, 11) is 0. The second-order valence-electron chi connectivity index (χ2n) is 6.34. The molecule has 0 spiro atoms. The van der Waals surface area contributed by atoms with Gasteiger partial charge in [0.05, 0.1) is 0 Å². The number of carbonyl (C=O) groups is 2. The fourth-order valence-corrected chi connectivity index (χ4v) is 3.04. The van der Waals surface area contributed by atoms with Gasteiger partial charge in [-0.05, 0) is 43.2 Å². The van der Waals surface area contributed by atoms with E-state index in [1.807, 2.05) is 31.2 Å². The zero-order valence-electron chi connectivity index (χ0n) is 16.0. The standard InChI is InChI=1S/C21H24BrFN2O3/c1-3-11-24-21(27)15(2)25(13-16-7-6-8-17(22)12-16)20(26)14-28-19-10-5-4-9-18(19)23/h4-10,12,15H,3,11,13-14H2,1-2H3,(H,24,27). The Kier molecular flexibility index (Phi) is 8.44. The fourth-order valence-electron chi connectivity index (χ4n) is 2.59. The number of halogens is 2. The highest BCUT2D eigenvalue weighted by atomic mass is 79.9. The van der Waals surface area contributed by atoms with Crippen molar-refractivity contribution in [3.8, 4) is 5.75 Å². The van der Waals surface area contributed by atoms with Crippen molar-refractivity contribution in [2.24, 2.45) is 0 Å². The topological polar surface area (TPSA) is 58.6 Å². The van der Waals surface area contributed by atoms with Crippen LogP contribution in [0.5, 0.6) is 5.75 Å². The zero-order valence-corrected chi connectivity index (χ0v) is 17.5. The summed E-state index contributed by atoms with van der Waals surface area (Å²) in [6.07, 6.45) is 0.800. The molecule has 0 saturated carbocycles. The zero-order chi connectivity index (χ0) is 20.5. The van der Waals surface area contributed by atoms with Crippen molar-refractivity contribution in [2.75, 3.05) is 13.2 Å². The third-order valence-corrected chi connectivity index (χ3v) is 4.64. The van der Waals surface area contributed by atoms with Gasteiger partial charge in [-0.3, -0.25) is 9.59 Å². The van der Waals surface area contributed by atoms with Gasteiger partial charge < -0.3 is 15.0 Å². The molecule has 0 aromatic heterocycles. The van der Waals surface area contributed by atoms with Crippen LogP contribution < -0.4 is 10.1 Å². The van der Waals surface area contributed by atoms with Gasteiger partial charge in [0, 0.05) is 17.6 Å². The number of hydrogen-bond acceptors (Lipinski definition) is 3. The molecule has 7 heteroatoms. The lowest BCUT2D eigenvalue weighted by Crippen LogP contribution is -2.49. The van der Waals surface area contributed by atoms with E-state index in [1.165, 1.54) is 17.0 Å². The Morgan fingerprint density at radius 2 is 1.96 bits per heavy atom. The number of rotatable bonds is 9. The van der Waals surface area contributed by atoms with Crippen LogP contribution in [0.15, 0.2) is 53.0 Å². The number of amides is 2. The first kappa shape index (κ1) is 21.9. The van der Waals surface area contributed by atoms with E-state index < -0.39 is 17.8 Å². The lowest BCUT2D eigenvalue weighted by molar-refractivity contribution is -0.142. The van der Waals surface area contributed by atoms with E-state index in [-0.39, 0.29) is 24.8 Å². The van der Waals surface area contributed by atoms with Gasteiger partial charge in [0.2, 0.25) is 5.91 Å². The minimum absolute atomic E-state index is 0.00124. The highest BCUT2D eigenvalue weighted by molar-refractivity contribution is 9.10.